The number of amides is 1. The third kappa shape index (κ3) is 5.20. The van der Waals surface area contributed by atoms with E-state index in [1.54, 1.807) is 12.4 Å². The van der Waals surface area contributed by atoms with Gasteiger partial charge >= 0.3 is 0 Å². The van der Waals surface area contributed by atoms with Gasteiger partial charge in [-0.25, -0.2) is 0 Å². The van der Waals surface area contributed by atoms with Gasteiger partial charge in [-0.2, -0.15) is 0 Å². The molecule has 0 spiro atoms. The molecule has 0 unspecified atom stereocenters. The molecule has 1 heterocycles. The number of aromatic nitrogens is 1. The minimum absolute atomic E-state index is 0.00177. The molecule has 104 valence electrons. The maximum atomic E-state index is 11.6. The molecule has 0 aliphatic heterocycles. The van der Waals surface area contributed by atoms with Gasteiger partial charge in [0.2, 0.25) is 5.91 Å². The van der Waals surface area contributed by atoms with Crippen molar-refractivity contribution in [3.63, 3.8) is 0 Å². The molecule has 0 atom stereocenters. The summed E-state index contributed by atoms with van der Waals surface area (Å²) in [5, 5.41) is 6.00. The Morgan fingerprint density at radius 3 is 2.60 bits per heavy atom. The van der Waals surface area contributed by atoms with Crippen molar-refractivity contribution in [3.8, 4) is 0 Å². The third-order valence-corrected chi connectivity index (χ3v) is 2.93. The lowest BCUT2D eigenvalue weighted by Crippen LogP contribution is -2.34. The molecule has 2 N–H and O–H groups in total. The maximum Gasteiger partial charge on any atom is 0.234 e. The van der Waals surface area contributed by atoms with E-state index in [1.807, 2.05) is 30.3 Å². The van der Waals surface area contributed by atoms with E-state index in [9.17, 15) is 4.79 Å². The summed E-state index contributed by atoms with van der Waals surface area (Å²) >= 11 is 0. The number of nitrogens with one attached hydrogen (secondary N) is 2. The number of hydrogen-bond donors (Lipinski definition) is 2. The van der Waals surface area contributed by atoms with Crippen LogP contribution in [0.25, 0.3) is 0 Å². The lowest BCUT2D eigenvalue weighted by Gasteiger charge is -2.06. The third-order valence-electron chi connectivity index (χ3n) is 2.93. The molecule has 0 bridgehead atoms. The van der Waals surface area contributed by atoms with Crippen molar-refractivity contribution in [2.75, 3.05) is 13.1 Å². The van der Waals surface area contributed by atoms with E-state index in [4.69, 9.17) is 0 Å². The largest absolute Gasteiger partial charge is 0.351 e. The van der Waals surface area contributed by atoms with Crippen molar-refractivity contribution in [3.05, 3.63) is 66.0 Å². The Kier molecular flexibility index (Phi) is 5.73. The Balaban J connectivity index is 1.59. The summed E-state index contributed by atoms with van der Waals surface area (Å²) in [5.74, 6) is 0.00177. The number of pyridine rings is 1. The molecule has 1 aromatic heterocycles. The molecule has 1 aromatic carbocycles. The van der Waals surface area contributed by atoms with Gasteiger partial charge in [0.1, 0.15) is 0 Å². The molecule has 0 aliphatic carbocycles. The molecule has 1 amide bonds. The Hall–Kier alpha value is -2.20. The van der Waals surface area contributed by atoms with Crippen LogP contribution >= 0.6 is 0 Å². The zero-order valence-corrected chi connectivity index (χ0v) is 11.4. The topological polar surface area (TPSA) is 54.0 Å². The first-order chi connectivity index (χ1) is 9.84. The fourth-order valence-corrected chi connectivity index (χ4v) is 1.85. The van der Waals surface area contributed by atoms with Crippen molar-refractivity contribution < 1.29 is 4.79 Å². The van der Waals surface area contributed by atoms with Crippen molar-refractivity contribution in [1.29, 1.82) is 0 Å². The van der Waals surface area contributed by atoms with Gasteiger partial charge in [0, 0.05) is 18.9 Å². The summed E-state index contributed by atoms with van der Waals surface area (Å²) in [6.07, 6.45) is 4.40. The molecule has 0 saturated heterocycles. The molecular formula is C16H19N3O. The van der Waals surface area contributed by atoms with Gasteiger partial charge in [-0.3, -0.25) is 9.78 Å². The molecule has 0 fully saturated rings. The van der Waals surface area contributed by atoms with Gasteiger partial charge in [0.05, 0.1) is 6.54 Å². The minimum Gasteiger partial charge on any atom is -0.351 e. The Morgan fingerprint density at radius 2 is 1.85 bits per heavy atom. The summed E-state index contributed by atoms with van der Waals surface area (Å²) in [4.78, 5) is 15.6. The highest BCUT2D eigenvalue weighted by molar-refractivity contribution is 5.77. The van der Waals surface area contributed by atoms with Crippen LogP contribution in [0.5, 0.6) is 0 Å². The second-order valence-electron chi connectivity index (χ2n) is 4.55. The van der Waals surface area contributed by atoms with E-state index in [2.05, 4.69) is 27.8 Å². The highest BCUT2D eigenvalue weighted by Crippen LogP contribution is 1.98. The Labute approximate surface area is 119 Å². The van der Waals surface area contributed by atoms with Crippen LogP contribution in [0, 0.1) is 0 Å². The van der Waals surface area contributed by atoms with Gasteiger partial charge < -0.3 is 10.6 Å². The van der Waals surface area contributed by atoms with Gasteiger partial charge in [-0.1, -0.05) is 36.4 Å². The summed E-state index contributed by atoms with van der Waals surface area (Å²) < 4.78 is 0. The van der Waals surface area contributed by atoms with E-state index >= 15 is 0 Å². The number of carbonyl (C=O) groups excluding carboxylic acids is 1. The molecule has 2 aromatic rings. The van der Waals surface area contributed by atoms with Gasteiger partial charge in [0.15, 0.2) is 0 Å². The highest BCUT2D eigenvalue weighted by Gasteiger charge is 2.00. The van der Waals surface area contributed by atoms with Crippen molar-refractivity contribution in [1.82, 2.24) is 15.6 Å². The first-order valence-electron chi connectivity index (χ1n) is 6.75. The van der Waals surface area contributed by atoms with Crippen LogP contribution in [0.2, 0.25) is 0 Å². The normalized spacial score (nSPS) is 10.2. The Bertz CT molecular complexity index is 514. The zero-order chi connectivity index (χ0) is 14.0. The van der Waals surface area contributed by atoms with E-state index in [1.165, 1.54) is 5.56 Å². The summed E-state index contributed by atoms with van der Waals surface area (Å²) in [5.41, 5.74) is 2.28. The number of benzene rings is 1. The minimum atomic E-state index is 0.00177. The lowest BCUT2D eigenvalue weighted by atomic mass is 10.1. The van der Waals surface area contributed by atoms with E-state index < -0.39 is 0 Å². The summed E-state index contributed by atoms with van der Waals surface area (Å²) in [7, 11) is 0. The Morgan fingerprint density at radius 1 is 1.05 bits per heavy atom. The van der Waals surface area contributed by atoms with E-state index in [-0.39, 0.29) is 5.91 Å². The molecule has 4 nitrogen and oxygen atoms in total. The number of nitrogens with zero attached hydrogens (tertiary/aromatic N) is 1. The van der Waals surface area contributed by atoms with Crippen LogP contribution in [0.3, 0.4) is 0 Å². The first-order valence-corrected chi connectivity index (χ1v) is 6.75. The maximum absolute atomic E-state index is 11.6. The van der Waals surface area contributed by atoms with E-state index in [0.717, 1.165) is 18.5 Å². The molecule has 0 radical (unpaired) electrons. The second-order valence-corrected chi connectivity index (χ2v) is 4.55. The quantitative estimate of drug-likeness (QED) is 0.750. The van der Waals surface area contributed by atoms with Crippen molar-refractivity contribution in [2.24, 2.45) is 0 Å². The van der Waals surface area contributed by atoms with Crippen molar-refractivity contribution in [2.45, 2.75) is 13.0 Å². The SMILES string of the molecule is O=C(CNCCc1ccccc1)NCc1cccnc1. The first kappa shape index (κ1) is 14.2. The highest BCUT2D eigenvalue weighted by atomic mass is 16.1. The average Bonchev–Trinajstić information content (AvgIpc) is 2.52. The predicted octanol–water partition coefficient (Wildman–Crippen LogP) is 1.53. The van der Waals surface area contributed by atoms with Crippen LogP contribution in [-0.2, 0) is 17.8 Å². The average molecular weight is 269 g/mol. The predicted molar refractivity (Wildman–Crippen MR) is 79.1 cm³/mol. The zero-order valence-electron chi connectivity index (χ0n) is 11.4. The molecule has 4 heteroatoms. The number of carbonyl (C=O) groups is 1. The monoisotopic (exact) mass is 269 g/mol. The van der Waals surface area contributed by atoms with Crippen LogP contribution < -0.4 is 10.6 Å². The lowest BCUT2D eigenvalue weighted by molar-refractivity contribution is -0.120. The van der Waals surface area contributed by atoms with Gasteiger partial charge in [-0.05, 0) is 30.2 Å². The van der Waals surface area contributed by atoms with E-state index in [0.29, 0.717) is 13.1 Å². The van der Waals surface area contributed by atoms with Crippen LogP contribution in [0.1, 0.15) is 11.1 Å². The fraction of sp³-hybridized carbons (Fsp3) is 0.250. The molecule has 20 heavy (non-hydrogen) atoms. The van der Waals surface area contributed by atoms with Crippen LogP contribution in [0.15, 0.2) is 54.9 Å². The fourth-order valence-electron chi connectivity index (χ4n) is 1.85. The van der Waals surface area contributed by atoms with Gasteiger partial charge in [-0.15, -0.1) is 0 Å². The van der Waals surface area contributed by atoms with Crippen LogP contribution in [-0.4, -0.2) is 24.0 Å². The number of rotatable bonds is 7. The molecular weight excluding hydrogens is 250 g/mol. The smallest absolute Gasteiger partial charge is 0.234 e. The molecule has 0 saturated carbocycles. The van der Waals surface area contributed by atoms with Crippen molar-refractivity contribution >= 4 is 5.91 Å². The standard InChI is InChI=1S/C16H19N3O/c20-16(19-12-15-7-4-9-17-11-15)13-18-10-8-14-5-2-1-3-6-14/h1-7,9,11,18H,8,10,12-13H2,(H,19,20). The second kappa shape index (κ2) is 8.07. The van der Waals surface area contributed by atoms with Crippen LogP contribution in [0.4, 0.5) is 0 Å². The molecule has 0 aliphatic rings. The summed E-state index contributed by atoms with van der Waals surface area (Å²) in [6.45, 7) is 1.66. The number of hydrogen-bond acceptors (Lipinski definition) is 3. The summed E-state index contributed by atoms with van der Waals surface area (Å²) in [6, 6.07) is 14.0. The van der Waals surface area contributed by atoms with Gasteiger partial charge in [0.25, 0.3) is 0 Å². The molecule has 2 rings (SSSR count).